The van der Waals surface area contributed by atoms with Crippen LogP contribution in [0.1, 0.15) is 81.5 Å². The second kappa shape index (κ2) is 10.8. The van der Waals surface area contributed by atoms with Gasteiger partial charge in [0.2, 0.25) is 0 Å². The van der Waals surface area contributed by atoms with Gasteiger partial charge >= 0.3 is 5.97 Å². The highest BCUT2D eigenvalue weighted by Crippen LogP contribution is 2.32. The molecule has 0 aromatic heterocycles. The van der Waals surface area contributed by atoms with Crippen LogP contribution in [0.25, 0.3) is 6.08 Å². The zero-order valence-electron chi connectivity index (χ0n) is 18.9. The predicted molar refractivity (Wildman–Crippen MR) is 124 cm³/mol. The van der Waals surface area contributed by atoms with E-state index in [0.717, 1.165) is 22.4 Å². The molecule has 0 radical (unpaired) electrons. The molecule has 0 heterocycles. The molecule has 0 fully saturated rings. The lowest BCUT2D eigenvalue weighted by Crippen LogP contribution is -2.22. The second-order valence-corrected chi connectivity index (χ2v) is 8.43. The van der Waals surface area contributed by atoms with Gasteiger partial charge in [-0.15, -0.1) is 0 Å². The van der Waals surface area contributed by atoms with E-state index in [9.17, 15) is 9.59 Å². The molecular weight excluding hydrogens is 374 g/mol. The molecule has 4 heteroatoms. The molecule has 0 atom stereocenters. The van der Waals surface area contributed by atoms with Gasteiger partial charge in [0.05, 0.1) is 0 Å². The number of hydrogen-bond acceptors (Lipinski definition) is 3. The number of rotatable bonds is 8. The summed E-state index contributed by atoms with van der Waals surface area (Å²) in [5.41, 5.74) is 5.13. The molecule has 2 rings (SSSR count). The van der Waals surface area contributed by atoms with Gasteiger partial charge in [-0.2, -0.15) is 0 Å². The van der Waals surface area contributed by atoms with Gasteiger partial charge in [0.1, 0.15) is 0 Å². The molecule has 4 nitrogen and oxygen atoms in total. The molecule has 0 aliphatic heterocycles. The van der Waals surface area contributed by atoms with E-state index < -0.39 is 5.97 Å². The van der Waals surface area contributed by atoms with E-state index in [2.05, 4.69) is 46.9 Å². The number of carbonyl (C=O) groups excluding carboxylic acids is 2. The van der Waals surface area contributed by atoms with Crippen LogP contribution in [0.3, 0.4) is 0 Å². The molecule has 0 saturated carbocycles. The van der Waals surface area contributed by atoms with Gasteiger partial charge in [-0.1, -0.05) is 84.0 Å². The molecule has 0 aliphatic rings. The molecule has 30 heavy (non-hydrogen) atoms. The van der Waals surface area contributed by atoms with Gasteiger partial charge in [-0.05, 0) is 46.1 Å². The summed E-state index contributed by atoms with van der Waals surface area (Å²) in [6, 6.07) is 14.1. The highest BCUT2D eigenvalue weighted by molar-refractivity contribution is 5.96. The van der Waals surface area contributed by atoms with Crippen molar-refractivity contribution < 1.29 is 14.3 Å². The molecule has 0 bridgehead atoms. The summed E-state index contributed by atoms with van der Waals surface area (Å²) in [6.07, 6.45) is 3.04. The average molecular weight is 408 g/mol. The highest BCUT2D eigenvalue weighted by atomic mass is 16.5. The van der Waals surface area contributed by atoms with E-state index >= 15 is 0 Å². The van der Waals surface area contributed by atoms with Crippen molar-refractivity contribution in [2.75, 3.05) is 11.9 Å². The SMILES string of the molecule is CC(C)c1ccc(C=CC(=O)OCC(=O)Nc2c(C(C)C)cccc2C(C)C)cc1. The summed E-state index contributed by atoms with van der Waals surface area (Å²) in [6.45, 7) is 12.3. The van der Waals surface area contributed by atoms with Gasteiger partial charge < -0.3 is 10.1 Å². The van der Waals surface area contributed by atoms with Crippen LogP contribution in [0.5, 0.6) is 0 Å². The van der Waals surface area contributed by atoms with Gasteiger partial charge in [0, 0.05) is 11.8 Å². The Bertz CT molecular complexity index is 867. The highest BCUT2D eigenvalue weighted by Gasteiger charge is 2.16. The summed E-state index contributed by atoms with van der Waals surface area (Å²) in [7, 11) is 0. The number of nitrogens with one attached hydrogen (secondary N) is 1. The first-order valence-corrected chi connectivity index (χ1v) is 10.6. The molecule has 2 aromatic rings. The summed E-state index contributed by atoms with van der Waals surface area (Å²) < 4.78 is 5.12. The minimum atomic E-state index is -0.542. The van der Waals surface area contributed by atoms with E-state index in [1.807, 2.05) is 42.5 Å². The molecule has 1 amide bonds. The number of anilines is 1. The van der Waals surface area contributed by atoms with Gasteiger partial charge in [0.25, 0.3) is 5.91 Å². The fourth-order valence-electron chi connectivity index (χ4n) is 3.21. The maximum Gasteiger partial charge on any atom is 0.331 e. The minimum absolute atomic E-state index is 0.270. The Balaban J connectivity index is 1.97. The molecule has 0 spiro atoms. The Morgan fingerprint density at radius 3 is 1.93 bits per heavy atom. The first kappa shape index (κ1) is 23.4. The smallest absolute Gasteiger partial charge is 0.331 e. The van der Waals surface area contributed by atoms with Crippen LogP contribution in [0.2, 0.25) is 0 Å². The van der Waals surface area contributed by atoms with Crippen molar-refractivity contribution in [3.8, 4) is 0 Å². The fraction of sp³-hybridized carbons (Fsp3) is 0.385. The maximum atomic E-state index is 12.4. The quantitative estimate of drug-likeness (QED) is 0.415. The number of hydrogen-bond donors (Lipinski definition) is 1. The van der Waals surface area contributed by atoms with Crippen LogP contribution >= 0.6 is 0 Å². The lowest BCUT2D eigenvalue weighted by atomic mass is 9.92. The number of amides is 1. The predicted octanol–water partition coefficient (Wildman–Crippen LogP) is 6.25. The average Bonchev–Trinajstić information content (AvgIpc) is 2.70. The van der Waals surface area contributed by atoms with Crippen molar-refractivity contribution in [2.24, 2.45) is 0 Å². The summed E-state index contributed by atoms with van der Waals surface area (Å²) in [4.78, 5) is 24.4. The van der Waals surface area contributed by atoms with Crippen LogP contribution in [-0.4, -0.2) is 18.5 Å². The van der Waals surface area contributed by atoms with Gasteiger partial charge in [-0.25, -0.2) is 4.79 Å². The molecule has 0 unspecified atom stereocenters. The molecule has 160 valence electrons. The summed E-state index contributed by atoms with van der Waals surface area (Å²) >= 11 is 0. The first-order chi connectivity index (χ1) is 14.2. The topological polar surface area (TPSA) is 55.4 Å². The number of benzene rings is 2. The van der Waals surface area contributed by atoms with Crippen molar-refractivity contribution in [1.29, 1.82) is 0 Å². The molecule has 0 saturated heterocycles. The van der Waals surface area contributed by atoms with Crippen LogP contribution in [0.4, 0.5) is 5.69 Å². The Hall–Kier alpha value is -2.88. The molecule has 0 aliphatic carbocycles. The van der Waals surface area contributed by atoms with Gasteiger partial charge in [-0.3, -0.25) is 4.79 Å². The van der Waals surface area contributed by atoms with Crippen LogP contribution in [0, 0.1) is 0 Å². The van der Waals surface area contributed by atoms with Crippen LogP contribution in [-0.2, 0) is 14.3 Å². The largest absolute Gasteiger partial charge is 0.452 e. The standard InChI is InChI=1S/C26H33NO3/c1-17(2)21-13-10-20(11-14-21)12-15-25(29)30-16-24(28)27-26-22(18(3)4)8-7-9-23(26)19(5)6/h7-15,17-19H,16H2,1-6H3,(H,27,28). The minimum Gasteiger partial charge on any atom is -0.452 e. The lowest BCUT2D eigenvalue weighted by molar-refractivity contribution is -0.142. The third-order valence-electron chi connectivity index (χ3n) is 5.00. The van der Waals surface area contributed by atoms with E-state index in [1.165, 1.54) is 11.6 Å². The Kier molecular flexibility index (Phi) is 8.40. The zero-order chi connectivity index (χ0) is 22.3. The number of esters is 1. The van der Waals surface area contributed by atoms with E-state index in [1.54, 1.807) is 6.08 Å². The van der Waals surface area contributed by atoms with Crippen molar-refractivity contribution in [3.05, 3.63) is 70.8 Å². The monoisotopic (exact) mass is 407 g/mol. The lowest BCUT2D eigenvalue weighted by Gasteiger charge is -2.20. The van der Waals surface area contributed by atoms with Gasteiger partial charge in [0.15, 0.2) is 6.61 Å². The zero-order valence-corrected chi connectivity index (χ0v) is 18.9. The Morgan fingerprint density at radius 2 is 1.43 bits per heavy atom. The molecule has 1 N–H and O–H groups in total. The van der Waals surface area contributed by atoms with Crippen molar-refractivity contribution in [2.45, 2.75) is 59.3 Å². The van der Waals surface area contributed by atoms with E-state index in [-0.39, 0.29) is 24.3 Å². The maximum absolute atomic E-state index is 12.4. The molecule has 2 aromatic carbocycles. The van der Waals surface area contributed by atoms with Crippen molar-refractivity contribution in [1.82, 2.24) is 0 Å². The normalized spacial score (nSPS) is 11.5. The summed E-state index contributed by atoms with van der Waals surface area (Å²) in [5, 5.41) is 2.95. The number of para-hydroxylation sites is 1. The van der Waals surface area contributed by atoms with Crippen molar-refractivity contribution >= 4 is 23.6 Å². The summed E-state index contributed by atoms with van der Waals surface area (Å²) in [5.74, 6) is 0.119. The van der Waals surface area contributed by atoms with Crippen LogP contribution < -0.4 is 5.32 Å². The van der Waals surface area contributed by atoms with E-state index in [4.69, 9.17) is 4.74 Å². The molecular formula is C26H33NO3. The first-order valence-electron chi connectivity index (χ1n) is 10.6. The fourth-order valence-corrected chi connectivity index (χ4v) is 3.21. The third kappa shape index (κ3) is 6.58. The number of carbonyl (C=O) groups is 2. The Labute approximate surface area is 180 Å². The van der Waals surface area contributed by atoms with Crippen LogP contribution in [0.15, 0.2) is 48.5 Å². The third-order valence-corrected chi connectivity index (χ3v) is 5.00. The van der Waals surface area contributed by atoms with E-state index in [0.29, 0.717) is 5.92 Å². The number of ether oxygens (including phenoxy) is 1. The Morgan fingerprint density at radius 1 is 0.867 bits per heavy atom. The second-order valence-electron chi connectivity index (χ2n) is 8.43. The van der Waals surface area contributed by atoms with Crippen molar-refractivity contribution in [3.63, 3.8) is 0 Å².